The Bertz CT molecular complexity index is 497. The third kappa shape index (κ3) is 3.26. The van der Waals surface area contributed by atoms with E-state index in [0.29, 0.717) is 23.0 Å². The zero-order valence-electron chi connectivity index (χ0n) is 8.94. The molecule has 88 valence electrons. The molecule has 0 aliphatic heterocycles. The average molecular weight is 251 g/mol. The van der Waals surface area contributed by atoms with Gasteiger partial charge in [0, 0.05) is 0 Å². The Balaban J connectivity index is 1.87. The molecule has 1 aromatic carbocycles. The van der Waals surface area contributed by atoms with Gasteiger partial charge in [0.05, 0.1) is 23.5 Å². The van der Waals surface area contributed by atoms with E-state index in [1.807, 2.05) is 0 Å². The summed E-state index contributed by atoms with van der Waals surface area (Å²) in [5, 5.41) is 5.81. The van der Waals surface area contributed by atoms with Gasteiger partial charge in [-0.3, -0.25) is 0 Å². The first-order valence-electron chi connectivity index (χ1n) is 5.07. The lowest BCUT2D eigenvalue weighted by molar-refractivity contribution is 0.251. The molecule has 2 aromatic rings. The van der Waals surface area contributed by atoms with Crippen molar-refractivity contribution in [3.05, 3.63) is 53.4 Å². The molecule has 17 heavy (non-hydrogen) atoms. The van der Waals surface area contributed by atoms with Gasteiger partial charge in [-0.1, -0.05) is 23.7 Å². The van der Waals surface area contributed by atoms with Gasteiger partial charge in [0.1, 0.15) is 5.76 Å². The number of carbonyl (C=O) groups excluding carboxylic acids is 1. The van der Waals surface area contributed by atoms with Gasteiger partial charge in [-0.25, -0.2) is 4.79 Å². The number of halogens is 1. The molecule has 2 amide bonds. The van der Waals surface area contributed by atoms with E-state index in [9.17, 15) is 4.79 Å². The summed E-state index contributed by atoms with van der Waals surface area (Å²) in [6, 6.07) is 10.3. The number of benzene rings is 1. The molecule has 0 bridgehead atoms. The quantitative estimate of drug-likeness (QED) is 0.879. The lowest BCUT2D eigenvalue weighted by atomic mass is 10.3. The molecular weight excluding hydrogens is 240 g/mol. The minimum absolute atomic E-state index is 0.325. The van der Waals surface area contributed by atoms with Crippen molar-refractivity contribution in [3.63, 3.8) is 0 Å². The molecule has 2 N–H and O–H groups in total. The minimum atomic E-state index is -0.325. The summed E-state index contributed by atoms with van der Waals surface area (Å²) in [5.41, 5.74) is 0.575. The van der Waals surface area contributed by atoms with Crippen molar-refractivity contribution in [2.75, 3.05) is 5.32 Å². The Labute approximate surface area is 104 Å². The summed E-state index contributed by atoms with van der Waals surface area (Å²) in [4.78, 5) is 11.5. The molecule has 0 atom stereocenters. The van der Waals surface area contributed by atoms with Gasteiger partial charge in [-0.2, -0.15) is 0 Å². The van der Waals surface area contributed by atoms with Gasteiger partial charge in [-0.05, 0) is 24.3 Å². The maximum atomic E-state index is 11.5. The van der Waals surface area contributed by atoms with Gasteiger partial charge in [-0.15, -0.1) is 0 Å². The van der Waals surface area contributed by atoms with E-state index >= 15 is 0 Å². The first-order valence-corrected chi connectivity index (χ1v) is 5.45. The highest BCUT2D eigenvalue weighted by molar-refractivity contribution is 6.33. The average Bonchev–Trinajstić information content (AvgIpc) is 2.82. The topological polar surface area (TPSA) is 54.3 Å². The van der Waals surface area contributed by atoms with E-state index in [4.69, 9.17) is 16.0 Å². The summed E-state index contributed by atoms with van der Waals surface area (Å²) in [6.45, 7) is 0.337. The molecule has 0 radical (unpaired) electrons. The monoisotopic (exact) mass is 250 g/mol. The molecule has 0 aliphatic rings. The molecule has 0 fully saturated rings. The standard InChI is InChI=1S/C12H11ClN2O2/c13-10-5-1-2-6-11(10)15-12(16)14-8-9-4-3-7-17-9/h1-7H,8H2,(H2,14,15,16). The lowest BCUT2D eigenvalue weighted by Crippen LogP contribution is -2.28. The van der Waals surface area contributed by atoms with Gasteiger partial charge >= 0.3 is 6.03 Å². The summed E-state index contributed by atoms with van der Waals surface area (Å²) < 4.78 is 5.09. The van der Waals surface area contributed by atoms with Crippen molar-refractivity contribution in [1.82, 2.24) is 5.32 Å². The molecule has 0 saturated carbocycles. The fraction of sp³-hybridized carbons (Fsp3) is 0.0833. The van der Waals surface area contributed by atoms with Crippen LogP contribution < -0.4 is 10.6 Å². The van der Waals surface area contributed by atoms with Crippen LogP contribution in [0.1, 0.15) is 5.76 Å². The fourth-order valence-electron chi connectivity index (χ4n) is 1.31. The second-order valence-electron chi connectivity index (χ2n) is 3.37. The number of amides is 2. The van der Waals surface area contributed by atoms with Crippen LogP contribution in [-0.4, -0.2) is 6.03 Å². The molecule has 0 aliphatic carbocycles. The SMILES string of the molecule is O=C(NCc1ccco1)Nc1ccccc1Cl. The Morgan fingerprint density at radius 3 is 2.76 bits per heavy atom. The second-order valence-corrected chi connectivity index (χ2v) is 3.77. The predicted octanol–water partition coefficient (Wildman–Crippen LogP) is 3.25. The Hall–Kier alpha value is -1.94. The zero-order chi connectivity index (χ0) is 12.1. The molecule has 1 heterocycles. The highest BCUT2D eigenvalue weighted by atomic mass is 35.5. The molecule has 4 nitrogen and oxygen atoms in total. The largest absolute Gasteiger partial charge is 0.467 e. The number of nitrogens with one attached hydrogen (secondary N) is 2. The number of anilines is 1. The minimum Gasteiger partial charge on any atom is -0.467 e. The normalized spacial score (nSPS) is 9.94. The van der Waals surface area contributed by atoms with Crippen molar-refractivity contribution in [3.8, 4) is 0 Å². The van der Waals surface area contributed by atoms with Crippen LogP contribution in [0.5, 0.6) is 0 Å². The van der Waals surface area contributed by atoms with E-state index in [0.717, 1.165) is 0 Å². The van der Waals surface area contributed by atoms with Crippen LogP contribution in [0, 0.1) is 0 Å². The van der Waals surface area contributed by atoms with Crippen molar-refractivity contribution in [2.24, 2.45) is 0 Å². The number of hydrogen-bond donors (Lipinski definition) is 2. The van der Waals surface area contributed by atoms with E-state index in [1.54, 1.807) is 42.7 Å². The number of carbonyl (C=O) groups is 1. The summed E-state index contributed by atoms with van der Waals surface area (Å²) in [6.07, 6.45) is 1.56. The smallest absolute Gasteiger partial charge is 0.319 e. The molecule has 0 spiro atoms. The summed E-state index contributed by atoms with van der Waals surface area (Å²) in [5.74, 6) is 0.694. The molecule has 5 heteroatoms. The highest BCUT2D eigenvalue weighted by Gasteiger charge is 2.04. The predicted molar refractivity (Wildman–Crippen MR) is 66.0 cm³/mol. The number of rotatable bonds is 3. The number of furan rings is 1. The maximum absolute atomic E-state index is 11.5. The summed E-state index contributed by atoms with van der Waals surface area (Å²) in [7, 11) is 0. The van der Waals surface area contributed by atoms with Crippen molar-refractivity contribution in [1.29, 1.82) is 0 Å². The van der Waals surface area contributed by atoms with Crippen LogP contribution in [0.25, 0.3) is 0 Å². The van der Waals surface area contributed by atoms with Crippen LogP contribution in [0.2, 0.25) is 5.02 Å². The van der Waals surface area contributed by atoms with Crippen molar-refractivity contribution in [2.45, 2.75) is 6.54 Å². The van der Waals surface area contributed by atoms with Gasteiger partial charge < -0.3 is 15.1 Å². The van der Waals surface area contributed by atoms with Crippen LogP contribution in [0.15, 0.2) is 47.1 Å². The Kier molecular flexibility index (Phi) is 3.67. The maximum Gasteiger partial charge on any atom is 0.319 e. The third-order valence-electron chi connectivity index (χ3n) is 2.13. The van der Waals surface area contributed by atoms with Gasteiger partial charge in [0.15, 0.2) is 0 Å². The molecule has 0 saturated heterocycles. The van der Waals surface area contributed by atoms with E-state index in [1.165, 1.54) is 0 Å². The van der Waals surface area contributed by atoms with E-state index < -0.39 is 0 Å². The molecule has 1 aromatic heterocycles. The second kappa shape index (κ2) is 5.41. The molecular formula is C12H11ClN2O2. The fourth-order valence-corrected chi connectivity index (χ4v) is 1.49. The van der Waals surface area contributed by atoms with Crippen LogP contribution in [-0.2, 0) is 6.54 Å². The van der Waals surface area contributed by atoms with Crippen LogP contribution in [0.3, 0.4) is 0 Å². The zero-order valence-corrected chi connectivity index (χ0v) is 9.70. The lowest BCUT2D eigenvalue weighted by Gasteiger charge is -2.07. The van der Waals surface area contributed by atoms with Gasteiger partial charge in [0.25, 0.3) is 0 Å². The third-order valence-corrected chi connectivity index (χ3v) is 2.45. The number of para-hydroxylation sites is 1. The van der Waals surface area contributed by atoms with Crippen molar-refractivity contribution >= 4 is 23.3 Å². The first kappa shape index (κ1) is 11.5. The molecule has 0 unspecified atom stereocenters. The van der Waals surface area contributed by atoms with Gasteiger partial charge in [0.2, 0.25) is 0 Å². The number of hydrogen-bond acceptors (Lipinski definition) is 2. The van der Waals surface area contributed by atoms with Crippen LogP contribution in [0.4, 0.5) is 10.5 Å². The highest BCUT2D eigenvalue weighted by Crippen LogP contribution is 2.20. The van der Waals surface area contributed by atoms with Crippen molar-refractivity contribution < 1.29 is 9.21 Å². The Morgan fingerprint density at radius 1 is 1.24 bits per heavy atom. The Morgan fingerprint density at radius 2 is 2.06 bits per heavy atom. The summed E-state index contributed by atoms with van der Waals surface area (Å²) >= 11 is 5.91. The van der Waals surface area contributed by atoms with E-state index in [2.05, 4.69) is 10.6 Å². The first-order chi connectivity index (χ1) is 8.25. The van der Waals surface area contributed by atoms with Crippen LogP contribution >= 0.6 is 11.6 Å². The molecule has 2 rings (SSSR count). The number of urea groups is 1. The van der Waals surface area contributed by atoms with E-state index in [-0.39, 0.29) is 6.03 Å².